The monoisotopic (exact) mass is 560 g/mol. The number of nitrogens with zero attached hydrogens (tertiary/aromatic N) is 2. The zero-order valence-electron chi connectivity index (χ0n) is 25.5. The smallest absolute Gasteiger partial charge is 0.270 e. The maximum Gasteiger partial charge on any atom is 0.270 e. The molecule has 2 atom stereocenters. The van der Waals surface area contributed by atoms with Crippen LogP contribution in [0.3, 0.4) is 0 Å². The number of hydrogen-bond donors (Lipinski definition) is 2. The van der Waals surface area contributed by atoms with Crippen LogP contribution in [-0.2, 0) is 23.9 Å². The lowest BCUT2D eigenvalue weighted by atomic mass is 9.87. The van der Waals surface area contributed by atoms with Gasteiger partial charge in [-0.3, -0.25) is 14.4 Å². The summed E-state index contributed by atoms with van der Waals surface area (Å²) in [6, 6.07) is 5.43. The zero-order valence-corrected chi connectivity index (χ0v) is 25.5. The summed E-state index contributed by atoms with van der Waals surface area (Å²) in [5.41, 5.74) is -0.154. The maximum atomic E-state index is 14.0. The summed E-state index contributed by atoms with van der Waals surface area (Å²) in [7, 11) is 1.64. The molecule has 0 bridgehead atoms. The van der Waals surface area contributed by atoms with Gasteiger partial charge in [0.1, 0.15) is 5.75 Å². The highest BCUT2D eigenvalue weighted by molar-refractivity contribution is 6.04. The number of rotatable bonds is 12. The molecule has 2 N–H and O–H groups in total. The Morgan fingerprint density at radius 1 is 1.25 bits per heavy atom. The Kier molecular flexibility index (Phi) is 10.6. The summed E-state index contributed by atoms with van der Waals surface area (Å²) in [6.45, 7) is 16.3. The van der Waals surface area contributed by atoms with Crippen LogP contribution in [0.25, 0.3) is 0 Å². The molecule has 224 valence electrons. The van der Waals surface area contributed by atoms with Gasteiger partial charge in [-0.1, -0.05) is 0 Å². The lowest BCUT2D eigenvalue weighted by Gasteiger charge is -2.40. The number of fused-ring (bicyclic) bond motifs is 1. The highest BCUT2D eigenvalue weighted by atomic mass is 16.5. The molecule has 1 fully saturated rings. The second-order valence-electron chi connectivity index (χ2n) is 12.2. The van der Waals surface area contributed by atoms with Gasteiger partial charge in [0.05, 0.1) is 29.7 Å². The van der Waals surface area contributed by atoms with Gasteiger partial charge in [-0.15, -0.1) is 0 Å². The number of carbonyl (C=O) groups excluding carboxylic acids is 3. The van der Waals surface area contributed by atoms with Gasteiger partial charge in [-0.2, -0.15) is 0 Å². The van der Waals surface area contributed by atoms with E-state index < -0.39 is 11.1 Å². The van der Waals surface area contributed by atoms with Crippen molar-refractivity contribution in [2.45, 2.75) is 78.5 Å². The summed E-state index contributed by atoms with van der Waals surface area (Å²) in [5.74, 6) is -0.355. The predicted octanol–water partition coefficient (Wildman–Crippen LogP) is 3.13. The molecule has 0 radical (unpaired) electrons. The first-order valence-electron chi connectivity index (χ1n) is 14.4. The van der Waals surface area contributed by atoms with Crippen LogP contribution in [0.15, 0.2) is 18.2 Å². The molecule has 0 saturated carbocycles. The Bertz CT molecular complexity index is 1060. The van der Waals surface area contributed by atoms with Crippen LogP contribution in [0.1, 0.15) is 61.3 Å². The minimum Gasteiger partial charge on any atom is -0.476 e. The normalized spacial score (nSPS) is 20.6. The van der Waals surface area contributed by atoms with Crippen LogP contribution in [0, 0.1) is 11.8 Å². The van der Waals surface area contributed by atoms with Crippen LogP contribution < -0.4 is 25.2 Å². The molecule has 2 aliphatic heterocycles. The van der Waals surface area contributed by atoms with Crippen LogP contribution in [0.2, 0.25) is 0 Å². The quantitative estimate of drug-likeness (QED) is 0.378. The van der Waals surface area contributed by atoms with Gasteiger partial charge in [-0.25, -0.2) is 0 Å². The van der Waals surface area contributed by atoms with Crippen LogP contribution in [0.4, 0.5) is 11.4 Å². The first-order chi connectivity index (χ1) is 18.8. The van der Waals surface area contributed by atoms with Gasteiger partial charge >= 0.3 is 0 Å². The Morgan fingerprint density at radius 2 is 1.95 bits per heavy atom. The molecular weight excluding hydrogens is 512 g/mol. The maximum absolute atomic E-state index is 14.0. The van der Waals surface area contributed by atoms with Crippen LogP contribution in [-0.4, -0.2) is 81.5 Å². The van der Waals surface area contributed by atoms with E-state index in [4.69, 9.17) is 14.2 Å². The summed E-state index contributed by atoms with van der Waals surface area (Å²) in [5, 5.41) is 6.38. The van der Waals surface area contributed by atoms with Crippen LogP contribution in [0.5, 0.6) is 5.75 Å². The summed E-state index contributed by atoms with van der Waals surface area (Å²) in [6.07, 6.45) is 1.13. The number of hydrogen-bond acceptors (Lipinski definition) is 7. The Morgan fingerprint density at radius 3 is 2.60 bits per heavy atom. The molecule has 2 heterocycles. The largest absolute Gasteiger partial charge is 0.476 e. The molecule has 1 aromatic rings. The second kappa shape index (κ2) is 13.3. The third kappa shape index (κ3) is 7.53. The Hall–Kier alpha value is -2.69. The van der Waals surface area contributed by atoms with E-state index in [-0.39, 0.29) is 35.6 Å². The van der Waals surface area contributed by atoms with Crippen molar-refractivity contribution >= 4 is 29.1 Å². The van der Waals surface area contributed by atoms with Gasteiger partial charge in [-0.05, 0) is 79.5 Å². The summed E-state index contributed by atoms with van der Waals surface area (Å²) < 4.78 is 16.8. The molecule has 10 heteroatoms. The Labute approximate surface area is 239 Å². The van der Waals surface area contributed by atoms with Gasteiger partial charge < -0.3 is 34.6 Å². The van der Waals surface area contributed by atoms with Crippen molar-refractivity contribution in [3.05, 3.63) is 18.2 Å². The van der Waals surface area contributed by atoms with E-state index >= 15 is 0 Å². The molecule has 10 nitrogen and oxygen atoms in total. The van der Waals surface area contributed by atoms with Gasteiger partial charge in [0.25, 0.3) is 5.91 Å². The average molecular weight is 561 g/mol. The first kappa shape index (κ1) is 31.8. The minimum absolute atomic E-state index is 0.0529. The summed E-state index contributed by atoms with van der Waals surface area (Å²) in [4.78, 5) is 43.9. The predicted molar refractivity (Wildman–Crippen MR) is 156 cm³/mol. The molecule has 0 unspecified atom stereocenters. The Balaban J connectivity index is 1.82. The molecule has 1 aromatic carbocycles. The van der Waals surface area contributed by atoms with E-state index in [1.165, 1.54) is 0 Å². The van der Waals surface area contributed by atoms with E-state index in [0.29, 0.717) is 69.4 Å². The lowest BCUT2D eigenvalue weighted by molar-refractivity contribution is -0.133. The van der Waals surface area contributed by atoms with Crippen LogP contribution >= 0.6 is 0 Å². The number of methoxy groups -OCH3 is 1. The third-order valence-corrected chi connectivity index (χ3v) is 7.32. The molecule has 40 heavy (non-hydrogen) atoms. The van der Waals surface area contributed by atoms with Crippen molar-refractivity contribution < 1.29 is 28.6 Å². The van der Waals surface area contributed by atoms with Gasteiger partial charge in [0.15, 0.2) is 5.60 Å². The standard InChI is InChI=1S/C30H48N4O6/c1-9-39-19-29(4,5)32-26(35)21-15-22(18-31-17-21)27(36)34(20(2)3)23-11-12-25-24(16-23)33(13-10-14-38-8)28(37)30(6,7)40-25/h11-12,16,20-22,31H,9-10,13-15,17-19H2,1-8H3,(H,32,35)/t21-,22+/m0/s1. The number of ether oxygens (including phenoxy) is 3. The SMILES string of the molecule is CCOCC(C)(C)NC(=O)[C@@H]1CNC[C@H](C(=O)N(c2ccc3c(c2)N(CCCOC)C(=O)C(C)(C)O3)C(C)C)C1. The van der Waals surface area contributed by atoms with E-state index in [0.717, 1.165) is 0 Å². The van der Waals surface area contributed by atoms with E-state index in [1.807, 2.05) is 52.8 Å². The number of benzene rings is 1. The highest BCUT2D eigenvalue weighted by Gasteiger charge is 2.42. The molecule has 0 spiro atoms. The molecule has 3 amide bonds. The minimum atomic E-state index is -0.990. The van der Waals surface area contributed by atoms with Crippen molar-refractivity contribution in [3.8, 4) is 5.75 Å². The topological polar surface area (TPSA) is 109 Å². The van der Waals surface area contributed by atoms with Crippen molar-refractivity contribution in [2.75, 3.05) is 56.4 Å². The van der Waals surface area contributed by atoms with Gasteiger partial charge in [0.2, 0.25) is 11.8 Å². The van der Waals surface area contributed by atoms with Crippen molar-refractivity contribution in [2.24, 2.45) is 11.8 Å². The van der Waals surface area contributed by atoms with Crippen molar-refractivity contribution in [3.63, 3.8) is 0 Å². The fourth-order valence-electron chi connectivity index (χ4n) is 5.33. The number of carbonyl (C=O) groups is 3. The van der Waals surface area contributed by atoms with Gasteiger partial charge in [0, 0.05) is 51.7 Å². The molecular formula is C30H48N4O6. The van der Waals surface area contributed by atoms with E-state index in [2.05, 4.69) is 10.6 Å². The molecule has 3 rings (SSSR count). The highest BCUT2D eigenvalue weighted by Crippen LogP contribution is 2.41. The molecule has 1 saturated heterocycles. The second-order valence-corrected chi connectivity index (χ2v) is 12.2. The number of piperidine rings is 1. The van der Waals surface area contributed by atoms with Crippen molar-refractivity contribution in [1.82, 2.24) is 10.6 Å². The number of nitrogens with one attached hydrogen (secondary N) is 2. The number of anilines is 2. The summed E-state index contributed by atoms with van der Waals surface area (Å²) >= 11 is 0. The zero-order chi connectivity index (χ0) is 29.7. The van der Waals surface area contributed by atoms with E-state index in [9.17, 15) is 14.4 Å². The molecule has 0 aromatic heterocycles. The molecule has 2 aliphatic rings. The molecule has 0 aliphatic carbocycles. The lowest BCUT2D eigenvalue weighted by Crippen LogP contribution is -2.54. The fraction of sp³-hybridized carbons (Fsp3) is 0.700. The first-order valence-corrected chi connectivity index (χ1v) is 14.4. The van der Waals surface area contributed by atoms with E-state index in [1.54, 1.807) is 30.8 Å². The fourth-order valence-corrected chi connectivity index (χ4v) is 5.33. The average Bonchev–Trinajstić information content (AvgIpc) is 2.89. The van der Waals surface area contributed by atoms with Crippen molar-refractivity contribution in [1.29, 1.82) is 0 Å². The number of amides is 3. The third-order valence-electron chi connectivity index (χ3n) is 7.32.